The van der Waals surface area contributed by atoms with Gasteiger partial charge in [0.15, 0.2) is 6.10 Å². The zero-order valence-corrected chi connectivity index (χ0v) is 17.9. The standard InChI is InChI=1S/C24H21F6NO3/c1-16-8-10-19(11-9-16)33-20-6-3-5-18(13-20)31(15-22(32)23(25,26)27)14-17-4-2-7-21(12-17)34-24(28,29)30/h2-13,22,32H,14-15H2,1H3. The van der Waals surface area contributed by atoms with Gasteiger partial charge in [-0.25, -0.2) is 0 Å². The SMILES string of the molecule is Cc1ccc(Oc2cccc(N(Cc3cccc(OC(F)(F)F)c3)CC(O)C(F)(F)F)c2)cc1. The zero-order valence-electron chi connectivity index (χ0n) is 17.9. The van der Waals surface area contributed by atoms with Gasteiger partial charge in [0.2, 0.25) is 0 Å². The maximum Gasteiger partial charge on any atom is 0.573 e. The highest BCUT2D eigenvalue weighted by Gasteiger charge is 2.39. The number of anilines is 1. The second-order valence-corrected chi connectivity index (χ2v) is 7.55. The molecule has 0 fully saturated rings. The fraction of sp³-hybridized carbons (Fsp3) is 0.250. The van der Waals surface area contributed by atoms with Crippen molar-refractivity contribution in [1.29, 1.82) is 0 Å². The number of rotatable bonds is 8. The van der Waals surface area contributed by atoms with Gasteiger partial charge in [0.1, 0.15) is 17.2 Å². The lowest BCUT2D eigenvalue weighted by atomic mass is 10.1. The molecule has 1 N–H and O–H groups in total. The van der Waals surface area contributed by atoms with Crippen LogP contribution >= 0.6 is 0 Å². The van der Waals surface area contributed by atoms with E-state index in [-0.39, 0.29) is 17.8 Å². The molecule has 0 aromatic heterocycles. The van der Waals surface area contributed by atoms with Crippen LogP contribution in [-0.2, 0) is 6.54 Å². The predicted octanol–water partition coefficient (Wildman–Crippen LogP) is 6.62. The van der Waals surface area contributed by atoms with Crippen molar-refractivity contribution >= 4 is 5.69 Å². The lowest BCUT2D eigenvalue weighted by Gasteiger charge is -2.29. The first-order valence-corrected chi connectivity index (χ1v) is 10.1. The molecule has 0 bridgehead atoms. The van der Waals surface area contributed by atoms with E-state index >= 15 is 0 Å². The van der Waals surface area contributed by atoms with Gasteiger partial charge >= 0.3 is 12.5 Å². The van der Waals surface area contributed by atoms with Gasteiger partial charge in [-0.05, 0) is 48.9 Å². The number of hydrogen-bond acceptors (Lipinski definition) is 4. The van der Waals surface area contributed by atoms with Crippen molar-refractivity contribution in [3.05, 3.63) is 83.9 Å². The van der Waals surface area contributed by atoms with E-state index in [4.69, 9.17) is 4.74 Å². The third kappa shape index (κ3) is 7.58. The lowest BCUT2D eigenvalue weighted by Crippen LogP contribution is -2.40. The molecule has 0 saturated heterocycles. The van der Waals surface area contributed by atoms with E-state index in [1.54, 1.807) is 24.3 Å². The predicted molar refractivity (Wildman–Crippen MR) is 114 cm³/mol. The Balaban J connectivity index is 1.87. The summed E-state index contributed by atoms with van der Waals surface area (Å²) >= 11 is 0. The molecule has 0 spiro atoms. The van der Waals surface area contributed by atoms with Crippen molar-refractivity contribution < 1.29 is 40.9 Å². The molecule has 0 heterocycles. The highest BCUT2D eigenvalue weighted by molar-refractivity contribution is 5.52. The molecule has 3 rings (SSSR count). The minimum Gasteiger partial charge on any atom is -0.457 e. The minimum atomic E-state index is -4.91. The number of aliphatic hydroxyl groups excluding tert-OH is 1. The van der Waals surface area contributed by atoms with E-state index in [0.717, 1.165) is 17.7 Å². The largest absolute Gasteiger partial charge is 0.573 e. The van der Waals surface area contributed by atoms with Crippen molar-refractivity contribution in [1.82, 2.24) is 0 Å². The molecular weight excluding hydrogens is 464 g/mol. The van der Waals surface area contributed by atoms with Crippen LogP contribution in [0, 0.1) is 6.92 Å². The average molecular weight is 485 g/mol. The smallest absolute Gasteiger partial charge is 0.457 e. The normalized spacial score (nSPS) is 12.8. The number of benzene rings is 3. The third-order valence-corrected chi connectivity index (χ3v) is 4.72. The van der Waals surface area contributed by atoms with E-state index in [9.17, 15) is 31.4 Å². The van der Waals surface area contributed by atoms with Gasteiger partial charge in [-0.2, -0.15) is 13.2 Å². The summed E-state index contributed by atoms with van der Waals surface area (Å²) in [5.74, 6) is 0.349. The maximum atomic E-state index is 13.1. The molecule has 34 heavy (non-hydrogen) atoms. The van der Waals surface area contributed by atoms with Crippen LogP contribution in [0.1, 0.15) is 11.1 Å². The summed E-state index contributed by atoms with van der Waals surface area (Å²) in [6.07, 6.45) is -12.5. The van der Waals surface area contributed by atoms with Gasteiger partial charge < -0.3 is 19.5 Å². The Morgan fingerprint density at radius 1 is 0.824 bits per heavy atom. The number of halogens is 6. The molecule has 182 valence electrons. The highest BCUT2D eigenvalue weighted by Crippen LogP contribution is 2.30. The minimum absolute atomic E-state index is 0.226. The molecule has 3 aromatic carbocycles. The second kappa shape index (κ2) is 10.3. The quantitative estimate of drug-likeness (QED) is 0.365. The van der Waals surface area contributed by atoms with Crippen LogP contribution in [0.25, 0.3) is 0 Å². The van der Waals surface area contributed by atoms with E-state index in [1.807, 2.05) is 19.1 Å². The molecule has 0 aliphatic carbocycles. The van der Waals surface area contributed by atoms with E-state index in [2.05, 4.69) is 4.74 Å². The second-order valence-electron chi connectivity index (χ2n) is 7.55. The molecule has 0 saturated carbocycles. The molecule has 0 aliphatic rings. The maximum absolute atomic E-state index is 13.1. The number of ether oxygens (including phenoxy) is 2. The molecule has 1 atom stereocenters. The number of hydrogen-bond donors (Lipinski definition) is 1. The topological polar surface area (TPSA) is 41.9 Å². The Kier molecular flexibility index (Phi) is 7.61. The van der Waals surface area contributed by atoms with Crippen molar-refractivity contribution in [2.45, 2.75) is 32.1 Å². The van der Waals surface area contributed by atoms with Crippen LogP contribution in [0.15, 0.2) is 72.8 Å². The van der Waals surface area contributed by atoms with Crippen LogP contribution in [0.5, 0.6) is 17.2 Å². The molecular formula is C24H21F6NO3. The first-order chi connectivity index (χ1) is 15.9. The summed E-state index contributed by atoms with van der Waals surface area (Å²) in [4.78, 5) is 1.20. The zero-order chi connectivity index (χ0) is 24.9. The van der Waals surface area contributed by atoms with E-state index in [0.29, 0.717) is 11.5 Å². The summed E-state index contributed by atoms with van der Waals surface area (Å²) in [6.45, 7) is 0.834. The van der Waals surface area contributed by atoms with Gasteiger partial charge in [0.25, 0.3) is 0 Å². The molecule has 10 heteroatoms. The Morgan fingerprint density at radius 2 is 1.47 bits per heavy atom. The fourth-order valence-corrected chi connectivity index (χ4v) is 3.12. The fourth-order valence-electron chi connectivity index (χ4n) is 3.12. The Labute approximate surface area is 192 Å². The van der Waals surface area contributed by atoms with Gasteiger partial charge in [-0.15, -0.1) is 13.2 Å². The molecule has 0 radical (unpaired) electrons. The first kappa shape index (κ1) is 25.2. The molecule has 3 aromatic rings. The Hall–Kier alpha value is -3.40. The van der Waals surface area contributed by atoms with Crippen LogP contribution in [0.3, 0.4) is 0 Å². The van der Waals surface area contributed by atoms with Crippen molar-refractivity contribution in [3.63, 3.8) is 0 Å². The van der Waals surface area contributed by atoms with Gasteiger partial charge in [0, 0.05) is 18.3 Å². The Bertz CT molecular complexity index is 1080. The van der Waals surface area contributed by atoms with Crippen molar-refractivity contribution in [2.24, 2.45) is 0 Å². The summed E-state index contributed by atoms with van der Waals surface area (Å²) < 4.78 is 86.5. The first-order valence-electron chi connectivity index (χ1n) is 10.1. The number of aliphatic hydroxyl groups is 1. The third-order valence-electron chi connectivity index (χ3n) is 4.72. The van der Waals surface area contributed by atoms with Gasteiger partial charge in [-0.1, -0.05) is 35.9 Å². The summed E-state index contributed by atoms with van der Waals surface area (Å²) in [5.41, 5.74) is 1.54. The van der Waals surface area contributed by atoms with Crippen molar-refractivity contribution in [2.75, 3.05) is 11.4 Å². The summed E-state index contributed by atoms with van der Waals surface area (Å²) in [6, 6.07) is 18.2. The summed E-state index contributed by atoms with van der Waals surface area (Å²) in [5, 5.41) is 9.66. The molecule has 0 aliphatic heterocycles. The van der Waals surface area contributed by atoms with Crippen LogP contribution in [-0.4, -0.2) is 30.3 Å². The Morgan fingerprint density at radius 3 is 2.12 bits per heavy atom. The van der Waals surface area contributed by atoms with Gasteiger partial charge in [0.05, 0.1) is 6.54 Å². The van der Waals surface area contributed by atoms with Crippen LogP contribution in [0.4, 0.5) is 32.0 Å². The summed E-state index contributed by atoms with van der Waals surface area (Å²) in [7, 11) is 0. The van der Waals surface area contributed by atoms with Gasteiger partial charge in [-0.3, -0.25) is 0 Å². The number of alkyl halides is 6. The number of aryl methyl sites for hydroxylation is 1. The van der Waals surface area contributed by atoms with Crippen molar-refractivity contribution in [3.8, 4) is 17.2 Å². The molecule has 0 amide bonds. The van der Waals surface area contributed by atoms with E-state index in [1.165, 1.54) is 29.2 Å². The monoisotopic (exact) mass is 485 g/mol. The average Bonchev–Trinajstić information content (AvgIpc) is 2.73. The van der Waals surface area contributed by atoms with E-state index < -0.39 is 30.9 Å². The number of nitrogens with zero attached hydrogens (tertiary/aromatic N) is 1. The lowest BCUT2D eigenvalue weighted by molar-refractivity contribution is -0.274. The molecule has 4 nitrogen and oxygen atoms in total. The van der Waals surface area contributed by atoms with Crippen LogP contribution in [0.2, 0.25) is 0 Å². The highest BCUT2D eigenvalue weighted by atomic mass is 19.4. The van der Waals surface area contributed by atoms with Crippen LogP contribution < -0.4 is 14.4 Å². The molecule has 1 unspecified atom stereocenters.